The third-order valence-electron chi connectivity index (χ3n) is 12.8. The smallest absolute Gasteiger partial charge is 0.506 e. The van der Waals surface area contributed by atoms with Gasteiger partial charge in [-0.1, -0.05) is 107 Å². The fourth-order valence-corrected chi connectivity index (χ4v) is 13.4. The molecule has 1 saturated heterocycles. The Labute approximate surface area is 349 Å². The van der Waals surface area contributed by atoms with E-state index in [0.29, 0.717) is 17.6 Å². The van der Waals surface area contributed by atoms with Crippen LogP contribution in [0.2, 0.25) is 0 Å². The predicted octanol–water partition coefficient (Wildman–Crippen LogP) is 11.5. The van der Waals surface area contributed by atoms with E-state index in [1.165, 1.54) is 82.4 Å². The minimum Gasteiger partial charge on any atom is -0.506 e. The summed E-state index contributed by atoms with van der Waals surface area (Å²) in [5, 5.41) is 16.1. The van der Waals surface area contributed by atoms with Gasteiger partial charge in [-0.3, -0.25) is 0 Å². The molecule has 1 aliphatic heterocycles. The monoisotopic (exact) mass is 807 g/mol. The van der Waals surface area contributed by atoms with Crippen molar-refractivity contribution in [3.05, 3.63) is 158 Å². The summed E-state index contributed by atoms with van der Waals surface area (Å²) in [7, 11) is -0.877. The van der Waals surface area contributed by atoms with Crippen molar-refractivity contribution in [2.24, 2.45) is 17.8 Å². The normalized spacial score (nSPS) is 22.2. The van der Waals surface area contributed by atoms with Crippen LogP contribution in [-0.2, 0) is 21.9 Å². The average molecular weight is 809 g/mol. The fourth-order valence-electron chi connectivity index (χ4n) is 10.8. The minimum absolute atomic E-state index is 0. The Morgan fingerprint density at radius 2 is 1.05 bits per heavy atom. The summed E-state index contributed by atoms with van der Waals surface area (Å²) in [4.78, 5) is 4.75. The summed E-state index contributed by atoms with van der Waals surface area (Å²) in [5.74, 6) is 4.13. The Hall–Kier alpha value is -3.58. The molecule has 0 atom stereocenters. The summed E-state index contributed by atoms with van der Waals surface area (Å²) >= 11 is 0. The first-order chi connectivity index (χ1) is 26.2. The molecule has 0 spiro atoms. The summed E-state index contributed by atoms with van der Waals surface area (Å²) in [5.41, 5.74) is 7.94. The number of nitrogens with zero attached hydrogens (tertiary/aromatic N) is 2. The van der Waals surface area contributed by atoms with Crippen LogP contribution < -0.4 is 25.7 Å². The molecule has 0 amide bonds. The molecule has 1 N–H and O–H groups in total. The van der Waals surface area contributed by atoms with E-state index >= 15 is 0 Å². The number of benzene rings is 5. The SMILES string of the molecule is Cc1cc(N2[CH-]N(c3c(C(C)C)cccc3C(C)C)CC2)c(O)c(C23CC4CC(CC(C4)C2)C3)c1.[CH3-].[Ni+2].c1ccc([PH+](c2ccccc2)c2ccccc2)cc1. The first-order valence-corrected chi connectivity index (χ1v) is 22.1. The van der Waals surface area contributed by atoms with Crippen LogP contribution in [0.3, 0.4) is 0 Å². The van der Waals surface area contributed by atoms with Gasteiger partial charge >= 0.3 is 16.5 Å². The van der Waals surface area contributed by atoms with Gasteiger partial charge in [0.1, 0.15) is 21.7 Å². The van der Waals surface area contributed by atoms with Crippen LogP contribution in [-0.4, -0.2) is 18.2 Å². The molecule has 5 aromatic carbocycles. The number of rotatable bonds is 8. The van der Waals surface area contributed by atoms with Crippen molar-refractivity contribution in [1.82, 2.24) is 0 Å². The molecule has 0 aromatic heterocycles. The molecule has 3 nitrogen and oxygen atoms in total. The molecule has 0 radical (unpaired) electrons. The number of hydrogen-bond acceptors (Lipinski definition) is 3. The van der Waals surface area contributed by atoms with Gasteiger partial charge in [-0.05, 0) is 140 Å². The van der Waals surface area contributed by atoms with Gasteiger partial charge in [0, 0.05) is 24.3 Å². The van der Waals surface area contributed by atoms with Crippen LogP contribution in [0.1, 0.15) is 100 Å². The second-order valence-corrected chi connectivity index (χ2v) is 19.9. The standard InChI is InChI=1S/C32H43N2O.C18H15P.CH3.Ni/c1-20(2)26-7-6-8-27(21(3)4)30(26)34-10-9-33(19-34)29-12-22(5)11-28(31(29)35)32-16-23-13-24(17-32)15-25(14-23)18-32;1-4-10-16(11-5-1)19(17-12-6-2-7-13-17)18-14-8-3-9-15-18;;/h6-8,11-12,19-21,23-25,35H,9-10,13-18H2,1-5H3;1-15H;1H3;/q-1;;-1;+2/p+1. The molecule has 56 heavy (non-hydrogen) atoms. The van der Waals surface area contributed by atoms with Crippen molar-refractivity contribution in [1.29, 1.82) is 0 Å². The summed E-state index contributed by atoms with van der Waals surface area (Å²) < 4.78 is 0. The van der Waals surface area contributed by atoms with Crippen molar-refractivity contribution >= 4 is 35.2 Å². The predicted molar refractivity (Wildman–Crippen MR) is 239 cm³/mol. The first-order valence-electron chi connectivity index (χ1n) is 20.6. The topological polar surface area (TPSA) is 26.7 Å². The third kappa shape index (κ3) is 8.49. The van der Waals surface area contributed by atoms with E-state index in [2.05, 4.69) is 172 Å². The molecule has 5 fully saturated rings. The van der Waals surface area contributed by atoms with E-state index in [1.807, 2.05) is 0 Å². The van der Waals surface area contributed by atoms with E-state index in [1.54, 1.807) is 0 Å². The van der Waals surface area contributed by atoms with Gasteiger partial charge in [-0.25, -0.2) is 0 Å². The average Bonchev–Trinajstić information content (AvgIpc) is 3.66. The number of anilines is 2. The van der Waals surface area contributed by atoms with Crippen molar-refractivity contribution in [3.63, 3.8) is 0 Å². The second-order valence-electron chi connectivity index (χ2n) is 17.4. The van der Waals surface area contributed by atoms with Crippen molar-refractivity contribution < 1.29 is 21.6 Å². The number of phenolic OH excluding ortho intramolecular Hbond substituents is 1. The van der Waals surface area contributed by atoms with Gasteiger partial charge in [0.25, 0.3) is 0 Å². The molecule has 5 aromatic rings. The molecule has 5 aliphatic rings. The molecular weight excluding hydrogens is 746 g/mol. The van der Waals surface area contributed by atoms with Crippen molar-refractivity contribution in [2.45, 2.75) is 90.4 Å². The maximum absolute atomic E-state index is 11.8. The maximum Gasteiger partial charge on any atom is 2.00 e. The van der Waals surface area contributed by atoms with Crippen LogP contribution in [0, 0.1) is 38.8 Å². The van der Waals surface area contributed by atoms with E-state index in [4.69, 9.17) is 0 Å². The first kappa shape index (κ1) is 42.0. The molecule has 1 heterocycles. The van der Waals surface area contributed by atoms with Gasteiger partial charge in [0.15, 0.2) is 0 Å². The zero-order valence-corrected chi connectivity index (χ0v) is 36.3. The van der Waals surface area contributed by atoms with Gasteiger partial charge in [0.2, 0.25) is 0 Å². The fraction of sp³-hybridized carbons (Fsp3) is 0.373. The zero-order valence-electron chi connectivity index (χ0n) is 34.3. The number of para-hydroxylation sites is 1. The van der Waals surface area contributed by atoms with Crippen LogP contribution in [0.25, 0.3) is 0 Å². The minimum atomic E-state index is -0.877. The van der Waals surface area contributed by atoms with E-state index in [0.717, 1.165) is 36.5 Å². The zero-order chi connectivity index (χ0) is 37.4. The Kier molecular flexibility index (Phi) is 13.5. The molecule has 296 valence electrons. The molecule has 4 bridgehead atoms. The number of aryl methyl sites for hydroxylation is 1. The van der Waals surface area contributed by atoms with E-state index in [9.17, 15) is 5.11 Å². The van der Waals surface area contributed by atoms with Crippen LogP contribution in [0.5, 0.6) is 5.75 Å². The Bertz CT molecular complexity index is 1880. The van der Waals surface area contributed by atoms with E-state index in [-0.39, 0.29) is 29.3 Å². The van der Waals surface area contributed by atoms with Gasteiger partial charge in [-0.2, -0.15) is 6.67 Å². The maximum atomic E-state index is 11.8. The quantitative estimate of drug-likeness (QED) is 0.0961. The number of aromatic hydroxyl groups is 1. The molecular formula is C51H62N2NiOP+. The molecule has 4 saturated carbocycles. The molecule has 0 unspecified atom stereocenters. The van der Waals surface area contributed by atoms with Crippen LogP contribution in [0.15, 0.2) is 121 Å². The van der Waals surface area contributed by atoms with Gasteiger partial charge in [0.05, 0.1) is 13.6 Å². The van der Waals surface area contributed by atoms with E-state index < -0.39 is 7.92 Å². The molecule has 5 heteroatoms. The Balaban J connectivity index is 0.000000215. The van der Waals surface area contributed by atoms with Gasteiger partial charge < -0.3 is 22.3 Å². The largest absolute Gasteiger partial charge is 2.00 e. The van der Waals surface area contributed by atoms with Gasteiger partial charge in [-0.15, -0.1) is 0 Å². The van der Waals surface area contributed by atoms with Crippen molar-refractivity contribution in [2.75, 3.05) is 22.9 Å². The summed E-state index contributed by atoms with van der Waals surface area (Å²) in [6.07, 6.45) is 8.14. The van der Waals surface area contributed by atoms with Crippen molar-refractivity contribution in [3.8, 4) is 5.75 Å². The van der Waals surface area contributed by atoms with Crippen LogP contribution >= 0.6 is 7.92 Å². The third-order valence-corrected chi connectivity index (χ3v) is 15.6. The summed E-state index contributed by atoms with van der Waals surface area (Å²) in [6.45, 7) is 15.5. The number of phenols is 1. The Morgan fingerprint density at radius 3 is 1.48 bits per heavy atom. The summed E-state index contributed by atoms with van der Waals surface area (Å²) in [6, 6.07) is 43.8. The Morgan fingerprint density at radius 1 is 0.625 bits per heavy atom. The molecule has 4 aliphatic carbocycles. The number of hydrogen-bond donors (Lipinski definition) is 1. The molecule has 10 rings (SSSR count). The van der Waals surface area contributed by atoms with Crippen LogP contribution in [0.4, 0.5) is 11.4 Å². The second kappa shape index (κ2) is 17.9.